The second kappa shape index (κ2) is 19.3. The van der Waals surface area contributed by atoms with Crippen LogP contribution >= 0.6 is 0 Å². The van der Waals surface area contributed by atoms with E-state index in [0.717, 1.165) is 22.8 Å². The molecule has 2 saturated carbocycles. The Balaban J connectivity index is 0.000000304. The molecule has 4 aromatic rings. The second-order valence-corrected chi connectivity index (χ2v) is 9.88. The number of pyridine rings is 4. The minimum Gasteiger partial charge on any atom is -0.549 e. The Kier molecular flexibility index (Phi) is 16.8. The van der Waals surface area contributed by atoms with Crippen molar-refractivity contribution in [3.63, 3.8) is 0 Å². The fourth-order valence-corrected chi connectivity index (χ4v) is 4.10. The first-order valence-electron chi connectivity index (χ1n) is 13.6. The molecular formula is C32H28N4O8Pd2. The monoisotopic (exact) mass is 808 g/mol. The predicted octanol–water partition coefficient (Wildman–Crippen LogP) is -0.405. The quantitative estimate of drug-likeness (QED) is 0.180. The summed E-state index contributed by atoms with van der Waals surface area (Å²) in [5.74, 6) is -6.06. The van der Waals surface area contributed by atoms with Gasteiger partial charge >= 0.3 is 40.8 Å². The van der Waals surface area contributed by atoms with E-state index in [9.17, 15) is 39.6 Å². The Hall–Kier alpha value is -4.20. The Morgan fingerprint density at radius 3 is 0.739 bits per heavy atom. The van der Waals surface area contributed by atoms with Crippen LogP contribution in [0.25, 0.3) is 22.8 Å². The average Bonchev–Trinajstić information content (AvgIpc) is 2.98. The van der Waals surface area contributed by atoms with E-state index in [1.54, 1.807) is 24.8 Å². The average molecular weight is 809 g/mol. The van der Waals surface area contributed by atoms with Crippen LogP contribution in [0.1, 0.15) is 38.5 Å². The maximum atomic E-state index is 10.2. The molecule has 12 nitrogen and oxygen atoms in total. The van der Waals surface area contributed by atoms with Crippen molar-refractivity contribution < 1.29 is 80.4 Å². The Labute approximate surface area is 292 Å². The molecule has 0 aromatic carbocycles. The van der Waals surface area contributed by atoms with Crippen LogP contribution in [-0.2, 0) is 60.0 Å². The molecule has 0 aliphatic heterocycles. The minimum absolute atomic E-state index is 0. The maximum Gasteiger partial charge on any atom is 2.00 e. The molecule has 2 aliphatic carbocycles. The summed E-state index contributed by atoms with van der Waals surface area (Å²) in [6.07, 6.45) is 8.93. The molecule has 4 heterocycles. The minimum atomic E-state index is -1.67. The van der Waals surface area contributed by atoms with Gasteiger partial charge in [-0.25, -0.2) is 0 Å². The van der Waals surface area contributed by atoms with Crippen LogP contribution in [0.3, 0.4) is 0 Å². The van der Waals surface area contributed by atoms with Gasteiger partial charge in [0.15, 0.2) is 0 Å². The molecule has 244 valence electrons. The van der Waals surface area contributed by atoms with Gasteiger partial charge in [-0.15, -0.1) is 0 Å². The zero-order valence-electron chi connectivity index (χ0n) is 24.2. The Morgan fingerprint density at radius 1 is 0.435 bits per heavy atom. The van der Waals surface area contributed by atoms with Gasteiger partial charge < -0.3 is 39.6 Å². The molecule has 0 N–H and O–H groups in total. The van der Waals surface area contributed by atoms with Crippen molar-refractivity contribution in [2.75, 3.05) is 0 Å². The normalized spacial score (nSPS) is 14.3. The maximum absolute atomic E-state index is 10.2. The molecule has 4 aromatic heterocycles. The van der Waals surface area contributed by atoms with Crippen molar-refractivity contribution in [1.29, 1.82) is 0 Å². The first-order valence-corrected chi connectivity index (χ1v) is 13.6. The number of nitrogens with zero attached hydrogens (tertiary/aromatic N) is 4. The van der Waals surface area contributed by atoms with E-state index in [1.165, 1.54) is 0 Å². The van der Waals surface area contributed by atoms with Crippen molar-refractivity contribution >= 4 is 23.9 Å². The van der Waals surface area contributed by atoms with Crippen LogP contribution in [0.15, 0.2) is 97.6 Å². The van der Waals surface area contributed by atoms with E-state index in [0.29, 0.717) is 12.8 Å². The molecule has 14 heteroatoms. The molecule has 0 radical (unpaired) electrons. The molecule has 2 aliphatic rings. The van der Waals surface area contributed by atoms with Gasteiger partial charge in [0.1, 0.15) is 0 Å². The van der Waals surface area contributed by atoms with Gasteiger partial charge in [-0.3, -0.25) is 19.9 Å². The first-order chi connectivity index (χ1) is 21.1. The fourth-order valence-electron chi connectivity index (χ4n) is 4.10. The van der Waals surface area contributed by atoms with Gasteiger partial charge in [0.05, 0.1) is 46.7 Å². The third kappa shape index (κ3) is 10.4. The van der Waals surface area contributed by atoms with Gasteiger partial charge in [0.25, 0.3) is 0 Å². The number of aromatic nitrogens is 4. The van der Waals surface area contributed by atoms with Crippen LogP contribution in [0.5, 0.6) is 0 Å². The van der Waals surface area contributed by atoms with Crippen LogP contribution in [-0.4, -0.2) is 43.8 Å². The predicted molar refractivity (Wildman–Crippen MR) is 148 cm³/mol. The van der Waals surface area contributed by atoms with Crippen LogP contribution in [0, 0.1) is 10.8 Å². The van der Waals surface area contributed by atoms with Gasteiger partial charge in [-0.05, 0) is 74.2 Å². The molecule has 0 atom stereocenters. The van der Waals surface area contributed by atoms with Crippen molar-refractivity contribution in [2.24, 2.45) is 10.8 Å². The largest absolute Gasteiger partial charge is 2.00 e. The first kappa shape index (κ1) is 39.8. The third-order valence-corrected chi connectivity index (χ3v) is 7.16. The molecule has 6 rings (SSSR count). The zero-order valence-corrected chi connectivity index (χ0v) is 27.3. The van der Waals surface area contributed by atoms with Gasteiger partial charge in [-0.2, -0.15) is 0 Å². The van der Waals surface area contributed by atoms with E-state index >= 15 is 0 Å². The van der Waals surface area contributed by atoms with Gasteiger partial charge in [0.2, 0.25) is 0 Å². The molecule has 0 saturated heterocycles. The van der Waals surface area contributed by atoms with E-state index < -0.39 is 34.7 Å². The number of carboxylic acids is 4. The van der Waals surface area contributed by atoms with Crippen molar-refractivity contribution in [3.05, 3.63) is 97.6 Å². The summed E-state index contributed by atoms with van der Waals surface area (Å²) in [6.45, 7) is 0. The summed E-state index contributed by atoms with van der Waals surface area (Å²) in [6, 6.07) is 23.2. The number of aliphatic carboxylic acids is 4. The molecule has 0 spiro atoms. The second-order valence-electron chi connectivity index (χ2n) is 9.88. The van der Waals surface area contributed by atoms with Crippen molar-refractivity contribution in [1.82, 2.24) is 19.9 Å². The van der Waals surface area contributed by atoms with E-state index in [1.807, 2.05) is 72.8 Å². The Morgan fingerprint density at radius 2 is 0.652 bits per heavy atom. The van der Waals surface area contributed by atoms with Gasteiger partial charge in [0, 0.05) is 35.6 Å². The summed E-state index contributed by atoms with van der Waals surface area (Å²) < 4.78 is 0. The summed E-state index contributed by atoms with van der Waals surface area (Å²) in [4.78, 5) is 57.6. The smallest absolute Gasteiger partial charge is 0.549 e. The molecular weight excluding hydrogens is 781 g/mol. The SMILES string of the molecule is O=C([O-])C1(C(=O)[O-])CCC1.O=C([O-])C1(C(=O)[O-])CCC1.[Pd+2].[Pd+2].c1ccc(-c2ccccn2)nc1.c1ccc(-c2ccccn2)nc1. The molecule has 2 fully saturated rings. The standard InChI is InChI=1S/2C10H8N2.2C6H8O4.2Pd/c2*1-3-7-11-9(5-1)10-6-2-4-8-12-10;2*7-4(8)6(5(9)10)2-1-3-6;;/h2*1-8H;2*1-3H2,(H,7,8)(H,9,10);;/q;;;;2*+2/p-4. The summed E-state index contributed by atoms with van der Waals surface area (Å²) >= 11 is 0. The number of carbonyl (C=O) groups excluding carboxylic acids is 4. The number of rotatable bonds is 6. The van der Waals surface area contributed by atoms with Crippen LogP contribution < -0.4 is 20.4 Å². The zero-order chi connectivity index (χ0) is 32.0. The topological polar surface area (TPSA) is 212 Å². The van der Waals surface area contributed by atoms with Crippen molar-refractivity contribution in [3.8, 4) is 22.8 Å². The molecule has 0 unspecified atom stereocenters. The molecule has 46 heavy (non-hydrogen) atoms. The number of hydrogen-bond donors (Lipinski definition) is 0. The summed E-state index contributed by atoms with van der Waals surface area (Å²) in [7, 11) is 0. The van der Waals surface area contributed by atoms with E-state index in [-0.39, 0.29) is 66.5 Å². The van der Waals surface area contributed by atoms with E-state index in [2.05, 4.69) is 19.9 Å². The summed E-state index contributed by atoms with van der Waals surface area (Å²) in [5, 5.41) is 40.9. The summed E-state index contributed by atoms with van der Waals surface area (Å²) in [5.41, 5.74) is 0.326. The van der Waals surface area contributed by atoms with Gasteiger partial charge in [-0.1, -0.05) is 37.1 Å². The molecule has 0 bridgehead atoms. The third-order valence-electron chi connectivity index (χ3n) is 7.16. The number of carbonyl (C=O) groups is 4. The van der Waals surface area contributed by atoms with Crippen molar-refractivity contribution in [2.45, 2.75) is 38.5 Å². The number of hydrogen-bond acceptors (Lipinski definition) is 12. The van der Waals surface area contributed by atoms with E-state index in [4.69, 9.17) is 0 Å². The molecule has 0 amide bonds. The Bertz CT molecular complexity index is 1300. The number of carboxylic acid groups (broad SMARTS) is 4. The van der Waals surface area contributed by atoms with Crippen LogP contribution in [0.4, 0.5) is 0 Å². The fraction of sp³-hybridized carbons (Fsp3) is 0.250. The van der Waals surface area contributed by atoms with Crippen LogP contribution in [0.2, 0.25) is 0 Å².